The number of nitrogens with zero attached hydrogens (tertiary/aromatic N) is 3. The zero-order valence-corrected chi connectivity index (χ0v) is 15.1. The zero-order valence-electron chi connectivity index (χ0n) is 14.3. The molecule has 1 rings (SSSR count). The van der Waals surface area contributed by atoms with Gasteiger partial charge in [-0.1, -0.05) is 13.8 Å². The maximum Gasteiger partial charge on any atom is 0.408 e. The lowest BCUT2D eigenvalue weighted by Crippen LogP contribution is -2.51. The number of hydrogen-bond acceptors (Lipinski definition) is 4. The zero-order chi connectivity index (χ0) is 17.4. The van der Waals surface area contributed by atoms with Gasteiger partial charge >= 0.3 is 6.09 Å². The van der Waals surface area contributed by atoms with Crippen LogP contribution in [0.25, 0.3) is 0 Å². The van der Waals surface area contributed by atoms with Crippen LogP contribution in [0.15, 0.2) is 24.5 Å². The summed E-state index contributed by atoms with van der Waals surface area (Å²) in [7, 11) is 1.62. The molecule has 2 amide bonds. The molecule has 136 valence electrons. The van der Waals surface area contributed by atoms with Gasteiger partial charge in [0.1, 0.15) is 6.04 Å². The fourth-order valence-corrected chi connectivity index (χ4v) is 2.12. The number of rotatable bonds is 8. The first-order valence-electron chi connectivity index (χ1n) is 7.61. The normalized spacial score (nSPS) is 11.5. The van der Waals surface area contributed by atoms with Crippen molar-refractivity contribution in [2.24, 2.45) is 5.92 Å². The minimum Gasteiger partial charge on any atom is -0.465 e. The predicted molar refractivity (Wildman–Crippen MR) is 93.0 cm³/mol. The molecule has 0 aliphatic heterocycles. The topological polar surface area (TPSA) is 94.0 Å². The average Bonchev–Trinajstić information content (AvgIpc) is 2.52. The van der Waals surface area contributed by atoms with Gasteiger partial charge in [0, 0.05) is 26.0 Å². The van der Waals surface area contributed by atoms with E-state index in [1.54, 1.807) is 31.6 Å². The van der Waals surface area contributed by atoms with E-state index in [2.05, 4.69) is 18.8 Å². The summed E-state index contributed by atoms with van der Waals surface area (Å²) < 4.78 is 0. The maximum absolute atomic E-state index is 12.5. The number of aromatic nitrogens is 1. The van der Waals surface area contributed by atoms with E-state index in [9.17, 15) is 19.8 Å². The number of amides is 2. The molecule has 1 aromatic rings. The van der Waals surface area contributed by atoms with Crippen molar-refractivity contribution in [3.8, 4) is 0 Å². The van der Waals surface area contributed by atoms with Gasteiger partial charge in [0.05, 0.1) is 13.2 Å². The Bertz CT molecular complexity index is 513. The van der Waals surface area contributed by atoms with Gasteiger partial charge in [-0.2, -0.15) is 0 Å². The molecule has 24 heavy (non-hydrogen) atoms. The van der Waals surface area contributed by atoms with Crippen LogP contribution in [0.4, 0.5) is 4.79 Å². The Morgan fingerprint density at radius 2 is 1.83 bits per heavy atom. The second kappa shape index (κ2) is 10.8. The molecule has 0 spiro atoms. The van der Waals surface area contributed by atoms with Crippen molar-refractivity contribution >= 4 is 24.4 Å². The molecule has 0 fully saturated rings. The molecular formula is C16H26ClN3O4. The first kappa shape index (κ1) is 22.1. The Morgan fingerprint density at radius 1 is 1.25 bits per heavy atom. The van der Waals surface area contributed by atoms with E-state index in [4.69, 9.17) is 0 Å². The van der Waals surface area contributed by atoms with Gasteiger partial charge in [-0.05, 0) is 30.0 Å². The highest BCUT2D eigenvalue weighted by Gasteiger charge is 2.31. The lowest BCUT2D eigenvalue weighted by atomic mass is 10.1. The summed E-state index contributed by atoms with van der Waals surface area (Å²) in [6.45, 7) is 4.09. The molecule has 1 heterocycles. The molecular weight excluding hydrogens is 334 g/mol. The molecule has 0 aliphatic carbocycles. The third kappa shape index (κ3) is 6.72. The van der Waals surface area contributed by atoms with Crippen molar-refractivity contribution < 1.29 is 19.8 Å². The first-order valence-corrected chi connectivity index (χ1v) is 7.61. The second-order valence-corrected chi connectivity index (χ2v) is 5.91. The van der Waals surface area contributed by atoms with Crippen molar-refractivity contribution in [3.63, 3.8) is 0 Å². The van der Waals surface area contributed by atoms with E-state index in [0.717, 1.165) is 11.3 Å². The van der Waals surface area contributed by atoms with Crippen molar-refractivity contribution in [2.75, 3.05) is 20.2 Å². The van der Waals surface area contributed by atoms with Gasteiger partial charge in [-0.15, -0.1) is 12.4 Å². The van der Waals surface area contributed by atoms with Crippen LogP contribution in [0.3, 0.4) is 0 Å². The first-order chi connectivity index (χ1) is 10.9. The highest BCUT2D eigenvalue weighted by molar-refractivity contribution is 5.85. The second-order valence-electron chi connectivity index (χ2n) is 5.91. The molecule has 7 nitrogen and oxygen atoms in total. The van der Waals surface area contributed by atoms with Crippen LogP contribution in [0.5, 0.6) is 0 Å². The van der Waals surface area contributed by atoms with Gasteiger partial charge in [-0.25, -0.2) is 4.79 Å². The average molecular weight is 360 g/mol. The quantitative estimate of drug-likeness (QED) is 0.738. The fraction of sp³-hybridized carbons (Fsp3) is 0.562. The molecule has 0 aromatic carbocycles. The van der Waals surface area contributed by atoms with Crippen LogP contribution in [-0.2, 0) is 11.3 Å². The SMILES string of the molecule is CC(C)CCN(C)C(=O)[C@H](CO)N(Cc1ccncc1)C(=O)O.Cl. The van der Waals surface area contributed by atoms with E-state index >= 15 is 0 Å². The summed E-state index contributed by atoms with van der Waals surface area (Å²) in [5.41, 5.74) is 0.707. The van der Waals surface area contributed by atoms with Crippen LogP contribution in [0.2, 0.25) is 0 Å². The molecule has 0 unspecified atom stereocenters. The van der Waals surface area contributed by atoms with Crippen molar-refractivity contribution in [2.45, 2.75) is 32.9 Å². The summed E-state index contributed by atoms with van der Waals surface area (Å²) in [4.78, 5) is 30.3. The number of carboxylic acid groups (broad SMARTS) is 1. The van der Waals surface area contributed by atoms with Crippen LogP contribution < -0.4 is 0 Å². The van der Waals surface area contributed by atoms with Crippen molar-refractivity contribution in [1.82, 2.24) is 14.8 Å². The Labute approximate surface area is 148 Å². The Balaban J connectivity index is 0.00000529. The Morgan fingerprint density at radius 3 is 2.29 bits per heavy atom. The molecule has 1 aromatic heterocycles. The molecule has 0 radical (unpaired) electrons. The monoisotopic (exact) mass is 359 g/mol. The molecule has 0 saturated carbocycles. The van der Waals surface area contributed by atoms with Crippen molar-refractivity contribution in [1.29, 1.82) is 0 Å². The largest absolute Gasteiger partial charge is 0.465 e. The predicted octanol–water partition coefficient (Wildman–Crippen LogP) is 1.85. The minimum atomic E-state index is -1.24. The van der Waals surface area contributed by atoms with Gasteiger partial charge in [0.2, 0.25) is 5.91 Å². The standard InChI is InChI=1S/C16H25N3O4.ClH/c1-12(2)6-9-18(3)15(21)14(11-20)19(16(22)23)10-13-4-7-17-8-5-13;/h4-5,7-8,12,14,20H,6,9-11H2,1-3H3,(H,22,23);1H/t14-;/m0./s1. The summed E-state index contributed by atoms with van der Waals surface area (Å²) in [6, 6.07) is 2.24. The number of carbonyl (C=O) groups is 2. The van der Waals surface area contributed by atoms with Crippen LogP contribution in [0, 0.1) is 5.92 Å². The molecule has 0 bridgehead atoms. The molecule has 1 atom stereocenters. The van der Waals surface area contributed by atoms with E-state index in [-0.39, 0.29) is 19.0 Å². The summed E-state index contributed by atoms with van der Waals surface area (Å²) in [5, 5.41) is 19.0. The minimum absolute atomic E-state index is 0. The number of likely N-dealkylation sites (N-methyl/N-ethyl adjacent to an activating group) is 1. The highest BCUT2D eigenvalue weighted by Crippen LogP contribution is 2.11. The maximum atomic E-state index is 12.5. The highest BCUT2D eigenvalue weighted by atomic mass is 35.5. The van der Waals surface area contributed by atoms with E-state index < -0.39 is 24.6 Å². The van der Waals surface area contributed by atoms with E-state index in [0.29, 0.717) is 18.0 Å². The third-order valence-corrected chi connectivity index (χ3v) is 3.60. The van der Waals surface area contributed by atoms with Gasteiger partial charge < -0.3 is 15.1 Å². The number of aliphatic hydroxyl groups is 1. The summed E-state index contributed by atoms with van der Waals surface area (Å²) in [6.07, 6.45) is 2.68. The van der Waals surface area contributed by atoms with Gasteiger partial charge in [0.15, 0.2) is 0 Å². The van der Waals surface area contributed by atoms with Crippen molar-refractivity contribution in [3.05, 3.63) is 30.1 Å². The smallest absolute Gasteiger partial charge is 0.408 e. The van der Waals surface area contributed by atoms with Gasteiger partial charge in [0.25, 0.3) is 0 Å². The van der Waals surface area contributed by atoms with Crippen LogP contribution in [-0.4, -0.2) is 63.2 Å². The Kier molecular flexibility index (Phi) is 9.99. The van der Waals surface area contributed by atoms with E-state index in [1.165, 1.54) is 4.90 Å². The summed E-state index contributed by atoms with van der Waals surface area (Å²) >= 11 is 0. The Hall–Kier alpha value is -1.86. The number of hydrogen-bond donors (Lipinski definition) is 2. The lowest BCUT2D eigenvalue weighted by molar-refractivity contribution is -0.136. The van der Waals surface area contributed by atoms with Crippen LogP contribution in [0.1, 0.15) is 25.8 Å². The molecule has 2 N–H and O–H groups in total. The number of aliphatic hydroxyl groups excluding tert-OH is 1. The third-order valence-electron chi connectivity index (χ3n) is 3.60. The number of halogens is 1. The lowest BCUT2D eigenvalue weighted by Gasteiger charge is -2.30. The molecule has 0 aliphatic rings. The van der Waals surface area contributed by atoms with Crippen LogP contribution >= 0.6 is 12.4 Å². The number of carbonyl (C=O) groups excluding carboxylic acids is 1. The number of pyridine rings is 1. The molecule has 0 saturated heterocycles. The van der Waals surface area contributed by atoms with E-state index in [1.807, 2.05) is 0 Å². The molecule has 8 heteroatoms. The van der Waals surface area contributed by atoms with Gasteiger partial charge in [-0.3, -0.25) is 14.7 Å². The fourth-order valence-electron chi connectivity index (χ4n) is 2.12. The summed E-state index contributed by atoms with van der Waals surface area (Å²) in [5.74, 6) is 0.0369.